The Kier molecular flexibility index (Phi) is 6.66. The van der Waals surface area contributed by atoms with Crippen molar-refractivity contribution in [1.82, 2.24) is 23.8 Å². The lowest BCUT2D eigenvalue weighted by molar-refractivity contribution is 0.382. The highest BCUT2D eigenvalue weighted by molar-refractivity contribution is 7.89. The van der Waals surface area contributed by atoms with E-state index >= 15 is 0 Å². The van der Waals surface area contributed by atoms with Gasteiger partial charge in [-0.05, 0) is 29.8 Å². The minimum Gasteiger partial charge on any atom is -0.365 e. The third kappa shape index (κ3) is 4.79. The van der Waals surface area contributed by atoms with E-state index in [0.29, 0.717) is 49.1 Å². The first-order valence-electron chi connectivity index (χ1n) is 11.6. The van der Waals surface area contributed by atoms with Gasteiger partial charge in [0, 0.05) is 32.7 Å². The van der Waals surface area contributed by atoms with E-state index in [1.165, 1.54) is 16.4 Å². The fourth-order valence-electron chi connectivity index (χ4n) is 4.15. The fraction of sp³-hybridized carbons (Fsp3) is 0.240. The molecule has 3 heterocycles. The van der Waals surface area contributed by atoms with Crippen LogP contribution in [0.25, 0.3) is 11.2 Å². The lowest BCUT2D eigenvalue weighted by Gasteiger charge is -2.34. The molecule has 0 amide bonds. The summed E-state index contributed by atoms with van der Waals surface area (Å²) in [6.45, 7) is 6.25. The van der Waals surface area contributed by atoms with Crippen molar-refractivity contribution in [2.24, 2.45) is 0 Å². The Morgan fingerprint density at radius 2 is 1.72 bits per heavy atom. The van der Waals surface area contributed by atoms with E-state index in [4.69, 9.17) is 9.97 Å². The zero-order valence-corrected chi connectivity index (χ0v) is 20.4. The molecule has 1 aliphatic rings. The van der Waals surface area contributed by atoms with Gasteiger partial charge >= 0.3 is 0 Å². The molecule has 1 saturated heterocycles. The van der Waals surface area contributed by atoms with Crippen molar-refractivity contribution in [3.05, 3.63) is 85.0 Å². The molecule has 0 unspecified atom stereocenters. The van der Waals surface area contributed by atoms with Gasteiger partial charge in [0.2, 0.25) is 16.0 Å². The molecular formula is C25H26FN7O2S. The second kappa shape index (κ2) is 10.0. The van der Waals surface area contributed by atoms with Crippen LogP contribution in [0.1, 0.15) is 5.56 Å². The SMILES string of the molecule is C=CCNc1nc(N2CCN(S(=O)(=O)c3ccc(F)cc3)CC2)nc2c1ncn2Cc1ccccc1. The topological polar surface area (TPSA) is 96.2 Å². The van der Waals surface area contributed by atoms with Gasteiger partial charge in [-0.1, -0.05) is 36.4 Å². The summed E-state index contributed by atoms with van der Waals surface area (Å²) in [6, 6.07) is 14.9. The van der Waals surface area contributed by atoms with Crippen LogP contribution < -0.4 is 10.2 Å². The van der Waals surface area contributed by atoms with Crippen LogP contribution in [0.4, 0.5) is 16.2 Å². The first kappa shape index (κ1) is 23.9. The molecule has 4 aromatic rings. The first-order chi connectivity index (χ1) is 17.5. The minimum atomic E-state index is -3.71. The van der Waals surface area contributed by atoms with E-state index in [0.717, 1.165) is 17.7 Å². The Labute approximate surface area is 209 Å². The van der Waals surface area contributed by atoms with Gasteiger partial charge in [0.25, 0.3) is 0 Å². The number of benzene rings is 2. The maximum absolute atomic E-state index is 13.3. The summed E-state index contributed by atoms with van der Waals surface area (Å²) in [7, 11) is -3.71. The molecule has 9 nitrogen and oxygen atoms in total. The Balaban J connectivity index is 1.40. The predicted molar refractivity (Wildman–Crippen MR) is 137 cm³/mol. The summed E-state index contributed by atoms with van der Waals surface area (Å²) < 4.78 is 42.6. The highest BCUT2D eigenvalue weighted by atomic mass is 32.2. The number of sulfonamides is 1. The van der Waals surface area contributed by atoms with Crippen molar-refractivity contribution >= 4 is 33.0 Å². The smallest absolute Gasteiger partial charge is 0.243 e. The summed E-state index contributed by atoms with van der Waals surface area (Å²) >= 11 is 0. The lowest BCUT2D eigenvalue weighted by Crippen LogP contribution is -2.49. The molecule has 5 rings (SSSR count). The Morgan fingerprint density at radius 3 is 2.42 bits per heavy atom. The van der Waals surface area contributed by atoms with E-state index in [1.54, 1.807) is 12.4 Å². The number of nitrogens with zero attached hydrogens (tertiary/aromatic N) is 6. The van der Waals surface area contributed by atoms with Gasteiger partial charge in [0.1, 0.15) is 5.82 Å². The van der Waals surface area contributed by atoms with Crippen molar-refractivity contribution in [1.29, 1.82) is 0 Å². The van der Waals surface area contributed by atoms with Gasteiger partial charge in [-0.2, -0.15) is 14.3 Å². The van der Waals surface area contributed by atoms with Gasteiger partial charge in [0.05, 0.1) is 17.8 Å². The van der Waals surface area contributed by atoms with Crippen LogP contribution in [0, 0.1) is 5.82 Å². The van der Waals surface area contributed by atoms with E-state index < -0.39 is 15.8 Å². The van der Waals surface area contributed by atoms with E-state index in [1.807, 2.05) is 39.8 Å². The number of anilines is 2. The minimum absolute atomic E-state index is 0.0794. The standard InChI is InChI=1S/C25H26FN7O2S/c1-2-12-27-23-22-24(32(18-28-22)17-19-6-4-3-5-7-19)30-25(29-23)31-13-15-33(16-14-31)36(34,35)21-10-8-20(26)9-11-21/h2-11,18H,1,12-17H2,(H,27,29,30). The third-order valence-electron chi connectivity index (χ3n) is 6.03. The molecule has 2 aromatic carbocycles. The number of imidazole rings is 1. The van der Waals surface area contributed by atoms with Crippen LogP contribution in [-0.4, -0.2) is 65.0 Å². The fourth-order valence-corrected chi connectivity index (χ4v) is 5.57. The zero-order chi connectivity index (χ0) is 25.1. The monoisotopic (exact) mass is 507 g/mol. The van der Waals surface area contributed by atoms with Crippen molar-refractivity contribution < 1.29 is 12.8 Å². The van der Waals surface area contributed by atoms with Gasteiger partial charge in [-0.3, -0.25) is 0 Å². The first-order valence-corrected chi connectivity index (χ1v) is 13.0. The molecule has 186 valence electrons. The molecule has 0 saturated carbocycles. The van der Waals surface area contributed by atoms with E-state index in [9.17, 15) is 12.8 Å². The molecule has 2 aromatic heterocycles. The molecule has 0 spiro atoms. The highest BCUT2D eigenvalue weighted by Crippen LogP contribution is 2.25. The third-order valence-corrected chi connectivity index (χ3v) is 7.95. The number of halogens is 1. The van der Waals surface area contributed by atoms with Gasteiger partial charge < -0.3 is 14.8 Å². The molecular weight excluding hydrogens is 481 g/mol. The number of hydrogen-bond donors (Lipinski definition) is 1. The Bertz CT molecular complexity index is 1470. The zero-order valence-electron chi connectivity index (χ0n) is 19.6. The second-order valence-corrected chi connectivity index (χ2v) is 10.4. The van der Waals surface area contributed by atoms with Crippen molar-refractivity contribution in [2.45, 2.75) is 11.4 Å². The summed E-state index contributed by atoms with van der Waals surface area (Å²) in [5, 5.41) is 3.24. The quantitative estimate of drug-likeness (QED) is 0.366. The van der Waals surface area contributed by atoms with E-state index in [2.05, 4.69) is 16.9 Å². The molecule has 0 bridgehead atoms. The number of hydrogen-bond acceptors (Lipinski definition) is 7. The van der Waals surface area contributed by atoms with Crippen LogP contribution in [-0.2, 0) is 16.6 Å². The van der Waals surface area contributed by atoms with Crippen molar-refractivity contribution in [2.75, 3.05) is 42.9 Å². The molecule has 0 radical (unpaired) electrons. The average Bonchev–Trinajstić information content (AvgIpc) is 3.31. The van der Waals surface area contributed by atoms with Crippen molar-refractivity contribution in [3.8, 4) is 0 Å². The molecule has 1 N–H and O–H groups in total. The number of rotatable bonds is 8. The van der Waals surface area contributed by atoms with Crippen molar-refractivity contribution in [3.63, 3.8) is 0 Å². The molecule has 11 heteroatoms. The maximum atomic E-state index is 13.3. The number of nitrogens with one attached hydrogen (secondary N) is 1. The summed E-state index contributed by atoms with van der Waals surface area (Å²) in [4.78, 5) is 16.1. The lowest BCUT2D eigenvalue weighted by atomic mass is 10.2. The highest BCUT2D eigenvalue weighted by Gasteiger charge is 2.30. The molecule has 0 atom stereocenters. The van der Waals surface area contributed by atoms with Crippen LogP contribution in [0.15, 0.2) is 78.5 Å². The van der Waals surface area contributed by atoms with Crippen LogP contribution in [0.5, 0.6) is 0 Å². The largest absolute Gasteiger partial charge is 0.365 e. The summed E-state index contributed by atoms with van der Waals surface area (Å²) in [5.41, 5.74) is 2.48. The average molecular weight is 508 g/mol. The molecule has 1 fully saturated rings. The molecule has 1 aliphatic heterocycles. The second-order valence-electron chi connectivity index (χ2n) is 8.42. The van der Waals surface area contributed by atoms with Gasteiger partial charge in [-0.15, -0.1) is 6.58 Å². The van der Waals surface area contributed by atoms with Crippen LogP contribution in [0.2, 0.25) is 0 Å². The summed E-state index contributed by atoms with van der Waals surface area (Å²) in [6.07, 6.45) is 3.50. The maximum Gasteiger partial charge on any atom is 0.243 e. The normalized spacial score (nSPS) is 14.8. The summed E-state index contributed by atoms with van der Waals surface area (Å²) in [5.74, 6) is 0.629. The number of aromatic nitrogens is 4. The van der Waals surface area contributed by atoms with E-state index in [-0.39, 0.29) is 18.0 Å². The van der Waals surface area contributed by atoms with Crippen LogP contribution in [0.3, 0.4) is 0 Å². The molecule has 36 heavy (non-hydrogen) atoms. The van der Waals surface area contributed by atoms with Gasteiger partial charge in [-0.25, -0.2) is 17.8 Å². The number of piperazine rings is 1. The van der Waals surface area contributed by atoms with Crippen LogP contribution >= 0.6 is 0 Å². The Morgan fingerprint density at radius 1 is 1.00 bits per heavy atom. The Hall–Kier alpha value is -3.83. The van der Waals surface area contributed by atoms with Gasteiger partial charge in [0.15, 0.2) is 17.0 Å². The molecule has 0 aliphatic carbocycles. The predicted octanol–water partition coefficient (Wildman–Crippen LogP) is 3.12. The number of fused-ring (bicyclic) bond motifs is 1.